The molecule has 3 N–H and O–H groups in total. The van der Waals surface area contributed by atoms with Crippen molar-refractivity contribution in [3.63, 3.8) is 0 Å². The van der Waals surface area contributed by atoms with Crippen molar-refractivity contribution in [3.8, 4) is 22.6 Å². The summed E-state index contributed by atoms with van der Waals surface area (Å²) in [6.45, 7) is 3.76. The van der Waals surface area contributed by atoms with Crippen LogP contribution < -0.4 is 31.0 Å². The summed E-state index contributed by atoms with van der Waals surface area (Å²) in [5.41, 5.74) is 6.24. The van der Waals surface area contributed by atoms with Crippen molar-refractivity contribution in [1.82, 2.24) is 29.9 Å². The van der Waals surface area contributed by atoms with Gasteiger partial charge in [-0.3, -0.25) is 24.5 Å². The molecule has 300 valence electrons. The Hall–Kier alpha value is -5.45. The monoisotopic (exact) mass is 773 g/mol. The second-order valence-corrected chi connectivity index (χ2v) is 14.3. The maximum absolute atomic E-state index is 13.3. The molecule has 56 heavy (non-hydrogen) atoms. The molecule has 1 fully saturated rings. The van der Waals surface area contributed by atoms with Crippen molar-refractivity contribution in [1.29, 1.82) is 0 Å². The van der Waals surface area contributed by atoms with Gasteiger partial charge in [-0.15, -0.1) is 0 Å². The number of carbonyl (C=O) groups is 4. The molecule has 1 atom stereocenters. The van der Waals surface area contributed by atoms with Gasteiger partial charge in [0.25, 0.3) is 11.5 Å². The maximum atomic E-state index is 13.3. The number of hydrogen-bond acceptors (Lipinski definition) is 11. The molecular weight excluding hydrogens is 722 g/mol. The molecule has 0 bridgehead atoms. The van der Waals surface area contributed by atoms with E-state index in [1.165, 1.54) is 4.90 Å². The number of aromatic nitrogens is 1. The molecule has 2 aromatic carbocycles. The minimum Gasteiger partial charge on any atom is -0.496 e. The number of aryl methyl sites for hydroxylation is 1. The first kappa shape index (κ1) is 40.2. The van der Waals surface area contributed by atoms with Crippen LogP contribution in [0.3, 0.4) is 0 Å². The SMILES string of the molecule is COc1cc(-c2cn(C)c(=O)c3c2CCN(C(=O)NCCOCCOCCNc2cccc4c2CN(C2CCC(=O)NC2=O)C4=O)C3)cc(OC)c1CN(C)C. The van der Waals surface area contributed by atoms with Crippen molar-refractivity contribution in [2.45, 2.75) is 44.9 Å². The summed E-state index contributed by atoms with van der Waals surface area (Å²) < 4.78 is 24.4. The fourth-order valence-electron chi connectivity index (χ4n) is 7.51. The highest BCUT2D eigenvalue weighted by atomic mass is 16.5. The van der Waals surface area contributed by atoms with Crippen LogP contribution in [-0.4, -0.2) is 123 Å². The molecule has 0 saturated carbocycles. The highest BCUT2D eigenvalue weighted by Crippen LogP contribution is 2.38. The molecular formula is C40H51N7O9. The molecule has 4 heterocycles. The number of benzene rings is 2. The molecule has 16 nitrogen and oxygen atoms in total. The van der Waals surface area contributed by atoms with Crippen molar-refractivity contribution >= 4 is 29.4 Å². The Morgan fingerprint density at radius 1 is 0.893 bits per heavy atom. The van der Waals surface area contributed by atoms with E-state index in [1.807, 2.05) is 43.4 Å². The standard InChI is InChI=1S/C40H51N7O9/c1-44(2)21-31-34(53-4)19-25(20-35(31)54-5)28-22-45(3)38(50)30-23-46(14-11-26(28)30)40(52)42-13-16-56-18-17-55-15-12-41-32-8-6-7-27-29(32)24-47(39(27)51)33-9-10-36(48)43-37(33)49/h6-8,19-20,22,33,41H,9-18,21,23-24H2,1-5H3,(H,42,52)(H,43,48,49). The third-order valence-electron chi connectivity index (χ3n) is 10.3. The van der Waals surface area contributed by atoms with Crippen LogP contribution in [0.25, 0.3) is 11.1 Å². The van der Waals surface area contributed by atoms with Gasteiger partial charge in [0.1, 0.15) is 17.5 Å². The number of rotatable bonds is 16. The molecule has 0 radical (unpaired) electrons. The Kier molecular flexibility index (Phi) is 12.9. The number of urea groups is 1. The fourth-order valence-corrected chi connectivity index (χ4v) is 7.51. The predicted octanol–water partition coefficient (Wildman–Crippen LogP) is 2.11. The molecule has 1 unspecified atom stereocenters. The quantitative estimate of drug-likeness (QED) is 0.144. The second-order valence-electron chi connectivity index (χ2n) is 14.3. The first-order valence-electron chi connectivity index (χ1n) is 18.8. The van der Waals surface area contributed by atoms with Gasteiger partial charge in [0.05, 0.1) is 52.8 Å². The number of hydrogen-bond donors (Lipinski definition) is 3. The Bertz CT molecular complexity index is 2010. The van der Waals surface area contributed by atoms with Crippen molar-refractivity contribution in [2.24, 2.45) is 7.05 Å². The minimum atomic E-state index is -0.664. The highest BCUT2D eigenvalue weighted by Gasteiger charge is 2.40. The first-order chi connectivity index (χ1) is 27.0. The van der Waals surface area contributed by atoms with Crippen molar-refractivity contribution in [2.75, 3.05) is 79.7 Å². The number of anilines is 1. The molecule has 3 aliphatic heterocycles. The Morgan fingerprint density at radius 3 is 2.29 bits per heavy atom. The summed E-state index contributed by atoms with van der Waals surface area (Å²) in [5, 5.41) is 8.54. The number of imide groups is 1. The number of fused-ring (bicyclic) bond motifs is 2. The van der Waals surface area contributed by atoms with E-state index in [1.54, 1.807) is 42.9 Å². The van der Waals surface area contributed by atoms with Crippen molar-refractivity contribution in [3.05, 3.63) is 74.7 Å². The number of amides is 5. The number of pyridine rings is 1. The van der Waals surface area contributed by atoms with Crippen LogP contribution in [0.2, 0.25) is 0 Å². The zero-order chi connectivity index (χ0) is 39.9. The summed E-state index contributed by atoms with van der Waals surface area (Å²) in [7, 11) is 8.95. The molecule has 0 aliphatic carbocycles. The highest BCUT2D eigenvalue weighted by molar-refractivity contribution is 6.06. The van der Waals surface area contributed by atoms with E-state index in [0.717, 1.165) is 33.5 Å². The van der Waals surface area contributed by atoms with Crippen LogP contribution in [0.5, 0.6) is 11.5 Å². The Morgan fingerprint density at radius 2 is 1.61 bits per heavy atom. The first-order valence-corrected chi connectivity index (χ1v) is 18.8. The summed E-state index contributed by atoms with van der Waals surface area (Å²) >= 11 is 0. The van der Waals surface area contributed by atoms with Crippen LogP contribution in [-0.2, 0) is 52.2 Å². The van der Waals surface area contributed by atoms with Gasteiger partial charge >= 0.3 is 6.03 Å². The zero-order valence-corrected chi connectivity index (χ0v) is 32.7. The van der Waals surface area contributed by atoms with Gasteiger partial charge in [-0.1, -0.05) is 6.07 Å². The normalized spacial score (nSPS) is 16.5. The van der Waals surface area contributed by atoms with E-state index in [0.29, 0.717) is 88.1 Å². The Labute approximate surface area is 326 Å². The molecule has 16 heteroatoms. The van der Waals surface area contributed by atoms with Gasteiger partial charge in [-0.2, -0.15) is 0 Å². The smallest absolute Gasteiger partial charge is 0.317 e. The second kappa shape index (κ2) is 18.0. The summed E-state index contributed by atoms with van der Waals surface area (Å²) in [4.78, 5) is 68.6. The summed E-state index contributed by atoms with van der Waals surface area (Å²) in [6, 6.07) is 8.45. The van der Waals surface area contributed by atoms with Crippen LogP contribution in [0, 0.1) is 0 Å². The molecule has 6 rings (SSSR count). The third-order valence-corrected chi connectivity index (χ3v) is 10.3. The summed E-state index contributed by atoms with van der Waals surface area (Å²) in [5.74, 6) is 0.429. The van der Waals surface area contributed by atoms with E-state index in [-0.39, 0.29) is 42.9 Å². The van der Waals surface area contributed by atoms with E-state index < -0.39 is 11.9 Å². The maximum Gasteiger partial charge on any atom is 0.317 e. The lowest BCUT2D eigenvalue weighted by atomic mass is 9.91. The minimum absolute atomic E-state index is 0.137. The van der Waals surface area contributed by atoms with Crippen molar-refractivity contribution < 1.29 is 38.1 Å². The summed E-state index contributed by atoms with van der Waals surface area (Å²) in [6.07, 6.45) is 2.88. The van der Waals surface area contributed by atoms with E-state index in [9.17, 15) is 24.0 Å². The lowest BCUT2D eigenvalue weighted by Gasteiger charge is -2.30. The van der Waals surface area contributed by atoms with Crippen LogP contribution in [0.4, 0.5) is 10.5 Å². The van der Waals surface area contributed by atoms with Gasteiger partial charge in [0.15, 0.2) is 0 Å². The molecule has 1 saturated heterocycles. The van der Waals surface area contributed by atoms with Crippen LogP contribution >= 0.6 is 0 Å². The van der Waals surface area contributed by atoms with Gasteiger partial charge in [-0.25, -0.2) is 4.79 Å². The number of piperidine rings is 1. The Balaban J connectivity index is 0.923. The van der Waals surface area contributed by atoms with Gasteiger partial charge in [-0.05, 0) is 62.3 Å². The van der Waals surface area contributed by atoms with Gasteiger partial charge in [0.2, 0.25) is 11.8 Å². The molecule has 1 aromatic heterocycles. The lowest BCUT2D eigenvalue weighted by molar-refractivity contribution is -0.136. The molecule has 3 aromatic rings. The van der Waals surface area contributed by atoms with E-state index in [2.05, 4.69) is 16.0 Å². The zero-order valence-electron chi connectivity index (χ0n) is 32.7. The lowest BCUT2D eigenvalue weighted by Crippen LogP contribution is -2.52. The molecule has 5 amide bonds. The predicted molar refractivity (Wildman–Crippen MR) is 208 cm³/mol. The number of ether oxygens (including phenoxy) is 4. The van der Waals surface area contributed by atoms with E-state index in [4.69, 9.17) is 18.9 Å². The molecule has 3 aliphatic rings. The van der Waals surface area contributed by atoms with Gasteiger partial charge < -0.3 is 48.8 Å². The van der Waals surface area contributed by atoms with E-state index >= 15 is 0 Å². The number of methoxy groups -OCH3 is 2. The topological polar surface area (TPSA) is 173 Å². The largest absolute Gasteiger partial charge is 0.496 e. The average molecular weight is 774 g/mol. The number of nitrogens with one attached hydrogen (secondary N) is 3. The molecule has 0 spiro atoms. The van der Waals surface area contributed by atoms with Crippen LogP contribution in [0.15, 0.2) is 41.3 Å². The fraction of sp³-hybridized carbons (Fsp3) is 0.475. The van der Waals surface area contributed by atoms with Gasteiger partial charge in [0, 0.05) is 80.3 Å². The van der Waals surface area contributed by atoms with Crippen LogP contribution in [0.1, 0.15) is 45.5 Å². The average Bonchev–Trinajstić information content (AvgIpc) is 3.52. The number of carbonyl (C=O) groups excluding carboxylic acids is 4. The third kappa shape index (κ3) is 8.82. The number of nitrogens with zero attached hydrogens (tertiary/aromatic N) is 4.